The highest BCUT2D eigenvalue weighted by Crippen LogP contribution is 2.19. The maximum Gasteiger partial charge on any atom is 0.305 e. The Hall–Kier alpha value is -2.22. The lowest BCUT2D eigenvalue weighted by molar-refractivity contribution is -0.136. The van der Waals surface area contributed by atoms with Crippen molar-refractivity contribution >= 4 is 29.0 Å². The van der Waals surface area contributed by atoms with Crippen LogP contribution in [0.3, 0.4) is 0 Å². The van der Waals surface area contributed by atoms with Crippen LogP contribution in [0.1, 0.15) is 11.4 Å². The molecule has 2 rings (SSSR count). The highest BCUT2D eigenvalue weighted by atomic mass is 32.1. The zero-order valence-electron chi connectivity index (χ0n) is 10.7. The summed E-state index contributed by atoms with van der Waals surface area (Å²) in [7, 11) is 0. The predicted octanol–water partition coefficient (Wildman–Crippen LogP) is 0.342. The summed E-state index contributed by atoms with van der Waals surface area (Å²) < 4.78 is 3.94. The van der Waals surface area contributed by atoms with E-state index in [-0.39, 0.29) is 25.4 Å². The van der Waals surface area contributed by atoms with Crippen LogP contribution in [0.2, 0.25) is 0 Å². The van der Waals surface area contributed by atoms with Gasteiger partial charge in [-0.1, -0.05) is 6.08 Å². The summed E-state index contributed by atoms with van der Waals surface area (Å²) in [5, 5.41) is 11.9. The second kappa shape index (κ2) is 6.80. The van der Waals surface area contributed by atoms with Gasteiger partial charge in [-0.15, -0.1) is 0 Å². The maximum atomic E-state index is 11.6. The first-order valence-corrected chi connectivity index (χ1v) is 6.80. The van der Waals surface area contributed by atoms with E-state index in [1.165, 1.54) is 17.9 Å². The molecule has 0 atom stereocenters. The smallest absolute Gasteiger partial charge is 0.305 e. The molecule has 0 aliphatic carbocycles. The van der Waals surface area contributed by atoms with Crippen molar-refractivity contribution in [2.24, 2.45) is 0 Å². The third-order valence-electron chi connectivity index (χ3n) is 2.63. The van der Waals surface area contributed by atoms with Crippen LogP contribution in [0.4, 0.5) is 0 Å². The topological polar surface area (TPSA) is 95.4 Å². The molecule has 20 heavy (non-hydrogen) atoms. The van der Waals surface area contributed by atoms with Crippen molar-refractivity contribution in [1.82, 2.24) is 19.6 Å². The van der Waals surface area contributed by atoms with Crippen LogP contribution in [0.15, 0.2) is 24.7 Å². The van der Waals surface area contributed by atoms with E-state index in [0.29, 0.717) is 6.54 Å². The summed E-state index contributed by atoms with van der Waals surface area (Å²) in [5.74, 6) is -1.11. The molecule has 0 radical (unpaired) electrons. The number of carboxylic acids is 1. The fourth-order valence-electron chi connectivity index (χ4n) is 1.66. The Morgan fingerprint density at radius 2 is 2.35 bits per heavy atom. The van der Waals surface area contributed by atoms with Crippen LogP contribution in [-0.4, -0.2) is 50.9 Å². The molecule has 0 fully saturated rings. The lowest BCUT2D eigenvalue weighted by Crippen LogP contribution is -2.36. The molecule has 1 aliphatic rings. The average molecular weight is 294 g/mol. The average Bonchev–Trinajstić information content (AvgIpc) is 2.93. The molecule has 0 spiro atoms. The number of aliphatic carboxylic acids is 1. The van der Waals surface area contributed by atoms with E-state index in [4.69, 9.17) is 5.11 Å². The Balaban J connectivity index is 1.76. The fourth-order valence-corrected chi connectivity index (χ4v) is 2.20. The Kier molecular flexibility index (Phi) is 4.83. The van der Waals surface area contributed by atoms with Crippen molar-refractivity contribution in [3.63, 3.8) is 0 Å². The van der Waals surface area contributed by atoms with Gasteiger partial charge in [-0.2, -0.15) is 4.37 Å². The van der Waals surface area contributed by atoms with Crippen LogP contribution in [0.25, 0.3) is 5.57 Å². The molecule has 1 aromatic heterocycles. The van der Waals surface area contributed by atoms with Crippen molar-refractivity contribution < 1.29 is 14.7 Å². The second-order valence-corrected chi connectivity index (χ2v) is 4.92. The van der Waals surface area contributed by atoms with Gasteiger partial charge < -0.3 is 15.3 Å². The van der Waals surface area contributed by atoms with Gasteiger partial charge in [-0.25, -0.2) is 4.98 Å². The Bertz CT molecular complexity index is 539. The van der Waals surface area contributed by atoms with E-state index in [9.17, 15) is 9.59 Å². The minimum atomic E-state index is -0.923. The molecular formula is C12H14N4O3S. The lowest BCUT2D eigenvalue weighted by atomic mass is 10.2. The number of hydrogen-bond acceptors (Lipinski definition) is 6. The Morgan fingerprint density at radius 1 is 1.50 bits per heavy atom. The number of nitrogens with one attached hydrogen (secondary N) is 1. The van der Waals surface area contributed by atoms with Crippen molar-refractivity contribution in [3.05, 3.63) is 29.7 Å². The van der Waals surface area contributed by atoms with Gasteiger partial charge in [0.05, 0.1) is 13.0 Å². The molecule has 0 aromatic carbocycles. The van der Waals surface area contributed by atoms with Gasteiger partial charge in [0.15, 0.2) is 0 Å². The van der Waals surface area contributed by atoms with Gasteiger partial charge in [-0.05, 0) is 17.6 Å². The normalized spacial score (nSPS) is 14.0. The standard InChI is InChI=1S/C12H14N4O3S/c17-10(13-4-1-11(18)19)7-16-5-2-9(3-6-16)12-14-8-15-20-12/h2-3,5,8H,1,4,6-7H2,(H,13,17)(H,18,19). The van der Waals surface area contributed by atoms with E-state index >= 15 is 0 Å². The molecule has 2 N–H and O–H groups in total. The first kappa shape index (κ1) is 14.2. The zero-order valence-corrected chi connectivity index (χ0v) is 11.5. The van der Waals surface area contributed by atoms with Crippen LogP contribution in [0, 0.1) is 0 Å². The summed E-state index contributed by atoms with van der Waals surface area (Å²) in [6.07, 6.45) is 7.13. The number of carbonyl (C=O) groups excluding carboxylic acids is 1. The summed E-state index contributed by atoms with van der Waals surface area (Å²) in [4.78, 5) is 27.9. The molecule has 0 saturated heterocycles. The van der Waals surface area contributed by atoms with Crippen molar-refractivity contribution in [2.75, 3.05) is 19.6 Å². The molecule has 2 heterocycles. The number of hydrogen-bond donors (Lipinski definition) is 2. The molecule has 1 amide bonds. The van der Waals surface area contributed by atoms with Gasteiger partial charge >= 0.3 is 5.97 Å². The summed E-state index contributed by atoms with van der Waals surface area (Å²) in [6, 6.07) is 0. The Morgan fingerprint density at radius 3 is 2.95 bits per heavy atom. The number of carbonyl (C=O) groups is 2. The molecule has 8 heteroatoms. The van der Waals surface area contributed by atoms with E-state index in [2.05, 4.69) is 14.7 Å². The number of amides is 1. The molecule has 1 aliphatic heterocycles. The molecule has 0 unspecified atom stereocenters. The monoisotopic (exact) mass is 294 g/mol. The van der Waals surface area contributed by atoms with Gasteiger partial charge in [0, 0.05) is 24.9 Å². The van der Waals surface area contributed by atoms with Gasteiger partial charge in [0.25, 0.3) is 0 Å². The SMILES string of the molecule is O=C(O)CCNC(=O)CN1C=CC(c2ncns2)=CC1. The molecule has 7 nitrogen and oxygen atoms in total. The minimum absolute atomic E-state index is 0.0668. The summed E-state index contributed by atoms with van der Waals surface area (Å²) >= 11 is 1.32. The Labute approximate surface area is 119 Å². The number of allylic oxidation sites excluding steroid dienone is 2. The third-order valence-corrected chi connectivity index (χ3v) is 3.34. The van der Waals surface area contributed by atoms with Gasteiger partial charge in [0.1, 0.15) is 11.3 Å². The largest absolute Gasteiger partial charge is 0.481 e. The van der Waals surface area contributed by atoms with Crippen LogP contribution < -0.4 is 5.32 Å². The van der Waals surface area contributed by atoms with Crippen LogP contribution in [-0.2, 0) is 9.59 Å². The lowest BCUT2D eigenvalue weighted by Gasteiger charge is -2.21. The number of nitrogens with zero attached hydrogens (tertiary/aromatic N) is 3. The second-order valence-electron chi connectivity index (χ2n) is 4.14. The summed E-state index contributed by atoms with van der Waals surface area (Å²) in [5.41, 5.74) is 0.995. The highest BCUT2D eigenvalue weighted by molar-refractivity contribution is 7.06. The fraction of sp³-hybridized carbons (Fsp3) is 0.333. The quantitative estimate of drug-likeness (QED) is 0.785. The number of rotatable bonds is 6. The van der Waals surface area contributed by atoms with Crippen molar-refractivity contribution in [1.29, 1.82) is 0 Å². The van der Waals surface area contributed by atoms with E-state index in [1.807, 2.05) is 23.3 Å². The predicted molar refractivity (Wildman–Crippen MR) is 73.9 cm³/mol. The first-order valence-electron chi connectivity index (χ1n) is 6.03. The van der Waals surface area contributed by atoms with Crippen molar-refractivity contribution in [2.45, 2.75) is 6.42 Å². The van der Waals surface area contributed by atoms with Crippen molar-refractivity contribution in [3.8, 4) is 0 Å². The molecular weight excluding hydrogens is 280 g/mol. The number of aromatic nitrogens is 2. The van der Waals surface area contributed by atoms with Gasteiger partial charge in [-0.3, -0.25) is 9.59 Å². The molecule has 1 aromatic rings. The maximum absolute atomic E-state index is 11.6. The minimum Gasteiger partial charge on any atom is -0.481 e. The number of carboxylic acid groups (broad SMARTS) is 1. The first-order chi connectivity index (χ1) is 9.65. The van der Waals surface area contributed by atoms with Crippen LogP contribution >= 0.6 is 11.5 Å². The van der Waals surface area contributed by atoms with E-state index in [1.54, 1.807) is 0 Å². The molecule has 0 bridgehead atoms. The van der Waals surface area contributed by atoms with E-state index < -0.39 is 5.97 Å². The molecule has 0 saturated carbocycles. The van der Waals surface area contributed by atoms with Crippen LogP contribution in [0.5, 0.6) is 0 Å². The molecule has 106 valence electrons. The zero-order chi connectivity index (χ0) is 14.4. The third kappa shape index (κ3) is 4.16. The summed E-state index contributed by atoms with van der Waals surface area (Å²) in [6.45, 7) is 0.964. The van der Waals surface area contributed by atoms with E-state index in [0.717, 1.165) is 10.6 Å². The van der Waals surface area contributed by atoms with Gasteiger partial charge in [0.2, 0.25) is 5.91 Å². The highest BCUT2D eigenvalue weighted by Gasteiger charge is 2.11.